The number of benzene rings is 1. The zero-order valence-electron chi connectivity index (χ0n) is 12.8. The van der Waals surface area contributed by atoms with Crippen LogP contribution in [0.5, 0.6) is 0 Å². The lowest BCUT2D eigenvalue weighted by atomic mass is 10.1. The van der Waals surface area contributed by atoms with Crippen LogP contribution < -0.4 is 0 Å². The summed E-state index contributed by atoms with van der Waals surface area (Å²) in [5, 5.41) is 9.75. The van der Waals surface area contributed by atoms with Gasteiger partial charge in [-0.2, -0.15) is 0 Å². The van der Waals surface area contributed by atoms with Crippen molar-refractivity contribution in [2.75, 3.05) is 46.9 Å². The Kier molecular flexibility index (Phi) is 5.73. The molecular weight excluding hydrogens is 268 g/mol. The molecule has 1 aromatic rings. The Labute approximate surface area is 126 Å². The number of aliphatic hydroxyl groups is 1. The fourth-order valence-electron chi connectivity index (χ4n) is 2.47. The number of ether oxygens (including phenoxy) is 1. The molecule has 1 aromatic carbocycles. The lowest BCUT2D eigenvalue weighted by Crippen LogP contribution is -2.45. The zero-order valence-corrected chi connectivity index (χ0v) is 12.8. The topological polar surface area (TPSA) is 53.0 Å². The lowest BCUT2D eigenvalue weighted by Gasteiger charge is -2.32. The Morgan fingerprint density at radius 1 is 1.24 bits per heavy atom. The van der Waals surface area contributed by atoms with Gasteiger partial charge in [0.25, 0.3) is 0 Å². The highest BCUT2D eigenvalue weighted by Crippen LogP contribution is 2.15. The van der Waals surface area contributed by atoms with Crippen LogP contribution in [0.15, 0.2) is 24.3 Å². The maximum absolute atomic E-state index is 11.3. The van der Waals surface area contributed by atoms with Gasteiger partial charge >= 0.3 is 5.97 Å². The summed E-state index contributed by atoms with van der Waals surface area (Å²) >= 11 is 0. The predicted molar refractivity (Wildman–Crippen MR) is 81.1 cm³/mol. The highest BCUT2D eigenvalue weighted by molar-refractivity contribution is 5.76. The second-order valence-corrected chi connectivity index (χ2v) is 5.56. The maximum Gasteiger partial charge on any atom is 0.339 e. The van der Waals surface area contributed by atoms with Gasteiger partial charge in [-0.1, -0.05) is 24.3 Å². The van der Waals surface area contributed by atoms with Gasteiger partial charge in [-0.25, -0.2) is 4.79 Å². The Balaban J connectivity index is 1.83. The molecule has 0 saturated carbocycles. The minimum atomic E-state index is -1.19. The van der Waals surface area contributed by atoms with Crippen LogP contribution in [0.2, 0.25) is 0 Å². The van der Waals surface area contributed by atoms with Gasteiger partial charge in [0.05, 0.1) is 7.11 Å². The largest absolute Gasteiger partial charge is 0.467 e. The van der Waals surface area contributed by atoms with E-state index in [0.29, 0.717) is 5.56 Å². The molecule has 1 atom stereocenters. The van der Waals surface area contributed by atoms with E-state index in [1.165, 1.54) is 12.7 Å². The number of carbonyl (C=O) groups is 1. The monoisotopic (exact) mass is 292 g/mol. The van der Waals surface area contributed by atoms with E-state index in [1.807, 2.05) is 12.1 Å². The summed E-state index contributed by atoms with van der Waals surface area (Å²) in [6, 6.07) is 7.52. The van der Waals surface area contributed by atoms with E-state index < -0.39 is 12.1 Å². The van der Waals surface area contributed by atoms with Crippen LogP contribution >= 0.6 is 0 Å². The van der Waals surface area contributed by atoms with E-state index in [1.54, 1.807) is 12.1 Å². The average molecular weight is 292 g/mol. The van der Waals surface area contributed by atoms with Gasteiger partial charge in [-0.15, -0.1) is 0 Å². The fraction of sp³-hybridized carbons (Fsp3) is 0.562. The molecule has 0 spiro atoms. The summed E-state index contributed by atoms with van der Waals surface area (Å²) in [6.07, 6.45) is -0.208. The van der Waals surface area contributed by atoms with Gasteiger partial charge in [-0.05, 0) is 24.6 Å². The molecule has 1 aliphatic rings. The Bertz CT molecular complexity index is 453. The van der Waals surface area contributed by atoms with Crippen molar-refractivity contribution in [1.82, 2.24) is 9.80 Å². The molecule has 0 bridgehead atoms. The second-order valence-electron chi connectivity index (χ2n) is 5.56. The quantitative estimate of drug-likeness (QED) is 0.809. The van der Waals surface area contributed by atoms with Crippen LogP contribution in [0.1, 0.15) is 17.2 Å². The molecule has 1 aliphatic heterocycles. The Morgan fingerprint density at radius 2 is 1.86 bits per heavy atom. The van der Waals surface area contributed by atoms with Gasteiger partial charge < -0.3 is 19.6 Å². The molecule has 0 aliphatic carbocycles. The number of aliphatic hydroxyl groups excluding tert-OH is 1. The van der Waals surface area contributed by atoms with Gasteiger partial charge in [0.15, 0.2) is 6.10 Å². The minimum absolute atomic E-state index is 0.574. The third kappa shape index (κ3) is 4.52. The molecule has 5 nitrogen and oxygen atoms in total. The smallest absolute Gasteiger partial charge is 0.339 e. The summed E-state index contributed by atoms with van der Waals surface area (Å²) in [4.78, 5) is 16.1. The van der Waals surface area contributed by atoms with Crippen LogP contribution in [0.25, 0.3) is 0 Å². The fourth-order valence-corrected chi connectivity index (χ4v) is 2.47. The summed E-state index contributed by atoms with van der Waals surface area (Å²) in [6.45, 7) is 5.55. The number of rotatable bonds is 5. The van der Waals surface area contributed by atoms with Crippen molar-refractivity contribution in [2.45, 2.75) is 12.5 Å². The zero-order chi connectivity index (χ0) is 15.2. The second kappa shape index (κ2) is 7.54. The SMILES string of the molecule is COC(=O)C(O)c1ccc(CCN2CCN(C)CC2)cc1. The first-order chi connectivity index (χ1) is 10.1. The Hall–Kier alpha value is -1.43. The third-order valence-corrected chi connectivity index (χ3v) is 4.03. The van der Waals surface area contributed by atoms with E-state index in [2.05, 4.69) is 21.6 Å². The van der Waals surface area contributed by atoms with Gasteiger partial charge in [0.2, 0.25) is 0 Å². The van der Waals surface area contributed by atoms with Crippen LogP contribution in [-0.2, 0) is 16.0 Å². The Morgan fingerprint density at radius 3 is 2.43 bits per heavy atom. The van der Waals surface area contributed by atoms with Crippen LogP contribution in [0, 0.1) is 0 Å². The van der Waals surface area contributed by atoms with E-state index >= 15 is 0 Å². The minimum Gasteiger partial charge on any atom is -0.467 e. The van der Waals surface area contributed by atoms with E-state index in [0.717, 1.165) is 39.1 Å². The van der Waals surface area contributed by atoms with Crippen molar-refractivity contribution in [2.24, 2.45) is 0 Å². The summed E-state index contributed by atoms with van der Waals surface area (Å²) in [5.41, 5.74) is 1.79. The number of likely N-dealkylation sites (N-methyl/N-ethyl adjacent to an activating group) is 1. The molecule has 116 valence electrons. The first-order valence-corrected chi connectivity index (χ1v) is 7.36. The van der Waals surface area contributed by atoms with Crippen LogP contribution in [-0.4, -0.2) is 67.8 Å². The number of carbonyl (C=O) groups excluding carboxylic acids is 1. The number of nitrogens with zero attached hydrogens (tertiary/aromatic N) is 2. The maximum atomic E-state index is 11.3. The normalized spacial score (nSPS) is 18.4. The summed E-state index contributed by atoms with van der Waals surface area (Å²) < 4.78 is 4.53. The highest BCUT2D eigenvalue weighted by Gasteiger charge is 2.17. The third-order valence-electron chi connectivity index (χ3n) is 4.03. The number of methoxy groups -OCH3 is 1. The van der Waals surface area contributed by atoms with E-state index in [9.17, 15) is 9.90 Å². The van der Waals surface area contributed by atoms with Crippen molar-refractivity contribution >= 4 is 5.97 Å². The average Bonchev–Trinajstić information content (AvgIpc) is 2.53. The van der Waals surface area contributed by atoms with Crippen molar-refractivity contribution in [3.8, 4) is 0 Å². The van der Waals surface area contributed by atoms with Crippen LogP contribution in [0.3, 0.4) is 0 Å². The van der Waals surface area contributed by atoms with Crippen molar-refractivity contribution in [3.05, 3.63) is 35.4 Å². The number of piperazine rings is 1. The van der Waals surface area contributed by atoms with E-state index in [4.69, 9.17) is 0 Å². The molecule has 0 aromatic heterocycles. The standard InChI is InChI=1S/C16H24N2O3/c1-17-9-11-18(12-10-17)8-7-13-3-5-14(6-4-13)15(19)16(20)21-2/h3-6,15,19H,7-12H2,1-2H3. The number of esters is 1. The number of hydrogen-bond acceptors (Lipinski definition) is 5. The first-order valence-electron chi connectivity index (χ1n) is 7.36. The molecular formula is C16H24N2O3. The molecule has 21 heavy (non-hydrogen) atoms. The van der Waals surface area contributed by atoms with Crippen molar-refractivity contribution < 1.29 is 14.6 Å². The molecule has 1 N–H and O–H groups in total. The molecule has 1 heterocycles. The lowest BCUT2D eigenvalue weighted by molar-refractivity contribution is -0.150. The van der Waals surface area contributed by atoms with E-state index in [-0.39, 0.29) is 0 Å². The molecule has 0 amide bonds. The number of hydrogen-bond donors (Lipinski definition) is 1. The van der Waals surface area contributed by atoms with Crippen molar-refractivity contribution in [3.63, 3.8) is 0 Å². The van der Waals surface area contributed by atoms with Gasteiger partial charge in [0, 0.05) is 32.7 Å². The molecule has 5 heteroatoms. The molecule has 1 unspecified atom stereocenters. The van der Waals surface area contributed by atoms with Crippen LogP contribution in [0.4, 0.5) is 0 Å². The molecule has 1 saturated heterocycles. The predicted octanol–water partition coefficient (Wildman–Crippen LogP) is 0.683. The molecule has 1 fully saturated rings. The van der Waals surface area contributed by atoms with Crippen molar-refractivity contribution in [1.29, 1.82) is 0 Å². The van der Waals surface area contributed by atoms with Gasteiger partial charge in [0.1, 0.15) is 0 Å². The first kappa shape index (κ1) is 15.9. The summed E-state index contributed by atoms with van der Waals surface area (Å²) in [7, 11) is 3.43. The molecule has 0 radical (unpaired) electrons. The molecule has 2 rings (SSSR count). The highest BCUT2D eigenvalue weighted by atomic mass is 16.5. The summed E-state index contributed by atoms with van der Waals surface area (Å²) in [5.74, 6) is -0.625. The van der Waals surface area contributed by atoms with Gasteiger partial charge in [-0.3, -0.25) is 0 Å².